The quantitative estimate of drug-likeness (QED) is 0.0876. The number of benzene rings is 2. The van der Waals surface area contributed by atoms with Crippen LogP contribution in [0.2, 0.25) is 0 Å². The van der Waals surface area contributed by atoms with Gasteiger partial charge < -0.3 is 20.5 Å². The molecule has 47 heavy (non-hydrogen) atoms. The molecule has 3 heterocycles. The molecule has 0 aliphatic heterocycles. The fraction of sp³-hybridized carbons (Fsp3) is 0.306. The molecule has 2 aromatic carbocycles. The third-order valence-electron chi connectivity index (χ3n) is 7.58. The topological polar surface area (TPSA) is 178 Å². The fourth-order valence-corrected chi connectivity index (χ4v) is 5.29. The van der Waals surface area contributed by atoms with Gasteiger partial charge in [-0.1, -0.05) is 63.6 Å². The number of Topliss-reactive ketones (excluding diaryl/α,β-unsaturated/α-hetero) is 2. The Morgan fingerprint density at radius 3 is 1.98 bits per heavy atom. The molecule has 0 radical (unpaired) electrons. The number of aromatic nitrogens is 4. The molecule has 4 N–H and O–H groups in total. The van der Waals surface area contributed by atoms with Crippen molar-refractivity contribution in [2.75, 3.05) is 5.73 Å². The first kappa shape index (κ1) is 36.0. The van der Waals surface area contributed by atoms with Crippen LogP contribution in [0.5, 0.6) is 0 Å². The number of carboxylic acid groups (broad SMARTS) is 2. The smallest absolute Gasteiger partial charge is 0.336 e. The monoisotopic (exact) mass is 639 g/mol. The number of nitrogens with two attached hydrogens (primary N) is 1. The normalized spacial score (nSPS) is 10.6. The molecular formula is C36H41N5O6. The second-order valence-corrected chi connectivity index (χ2v) is 10.8. The SMILES string of the molecule is C.CCCCc1nc2c(N)nc3cccnc3c2n1CCCCCC(=O)c1ccccc1C(C)=O.O=C(O)c1ccccc1C(=O)O. The molecule has 3 aromatic heterocycles. The predicted octanol–water partition coefficient (Wildman–Crippen LogP) is 7.27. The van der Waals surface area contributed by atoms with E-state index in [1.165, 1.54) is 31.2 Å². The van der Waals surface area contributed by atoms with E-state index in [1.54, 1.807) is 30.5 Å². The van der Waals surface area contributed by atoms with Crippen LogP contribution in [0.15, 0.2) is 66.9 Å². The molecule has 0 aliphatic carbocycles. The van der Waals surface area contributed by atoms with Crippen LogP contribution >= 0.6 is 0 Å². The number of pyridine rings is 2. The van der Waals surface area contributed by atoms with Gasteiger partial charge in [-0.15, -0.1) is 0 Å². The zero-order valence-corrected chi connectivity index (χ0v) is 25.9. The Bertz CT molecular complexity index is 1870. The zero-order chi connectivity index (χ0) is 33.2. The lowest BCUT2D eigenvalue weighted by Crippen LogP contribution is -2.07. The van der Waals surface area contributed by atoms with Crippen LogP contribution in [0, 0.1) is 0 Å². The fourth-order valence-electron chi connectivity index (χ4n) is 5.29. The van der Waals surface area contributed by atoms with Gasteiger partial charge in [0.1, 0.15) is 22.4 Å². The van der Waals surface area contributed by atoms with Gasteiger partial charge in [-0.2, -0.15) is 0 Å². The third kappa shape index (κ3) is 8.63. The highest BCUT2D eigenvalue weighted by Gasteiger charge is 2.18. The van der Waals surface area contributed by atoms with E-state index in [0.29, 0.717) is 28.9 Å². The summed E-state index contributed by atoms with van der Waals surface area (Å²) >= 11 is 0. The number of nitrogen functional groups attached to an aromatic ring is 1. The number of carbonyl (C=O) groups excluding carboxylic acids is 2. The van der Waals surface area contributed by atoms with Crippen LogP contribution in [-0.4, -0.2) is 53.2 Å². The van der Waals surface area contributed by atoms with Crippen LogP contribution in [0.4, 0.5) is 5.82 Å². The van der Waals surface area contributed by atoms with Crippen molar-refractivity contribution in [3.63, 3.8) is 0 Å². The van der Waals surface area contributed by atoms with Gasteiger partial charge in [0.2, 0.25) is 0 Å². The summed E-state index contributed by atoms with van der Waals surface area (Å²) in [6.07, 6.45) is 7.78. The van der Waals surface area contributed by atoms with E-state index in [-0.39, 0.29) is 30.1 Å². The Kier molecular flexibility index (Phi) is 12.8. The van der Waals surface area contributed by atoms with E-state index in [2.05, 4.69) is 21.5 Å². The van der Waals surface area contributed by atoms with Crippen molar-refractivity contribution in [1.29, 1.82) is 0 Å². The van der Waals surface area contributed by atoms with Crippen molar-refractivity contribution in [2.24, 2.45) is 0 Å². The summed E-state index contributed by atoms with van der Waals surface area (Å²) in [7, 11) is 0. The number of ketones is 2. The molecule has 11 nitrogen and oxygen atoms in total. The maximum absolute atomic E-state index is 12.7. The van der Waals surface area contributed by atoms with Crippen LogP contribution in [0.1, 0.15) is 107 Å². The maximum Gasteiger partial charge on any atom is 0.336 e. The molecule has 0 unspecified atom stereocenters. The van der Waals surface area contributed by atoms with Crippen molar-refractivity contribution < 1.29 is 29.4 Å². The molecule has 0 fully saturated rings. The number of carboxylic acids is 2. The molecule has 0 saturated carbocycles. The standard InChI is InChI=1S/C27H31N5O2.C8H6O4.CH4/c1-3-4-15-23-31-25-26(24-21(30-27(25)28)13-10-16-29-24)32(23)17-9-5-6-14-22(34)20-12-8-7-11-19(20)18(2)33;9-7(10)5-3-1-2-4-6(5)8(11)12;/h7-8,10-13,16H,3-6,9,14-15,17H2,1-2H3,(H2,28,30);1-4H,(H,9,10)(H,11,12);1H4. The highest BCUT2D eigenvalue weighted by Crippen LogP contribution is 2.28. The third-order valence-corrected chi connectivity index (χ3v) is 7.58. The van der Waals surface area contributed by atoms with E-state index >= 15 is 0 Å². The van der Waals surface area contributed by atoms with Gasteiger partial charge in [0.05, 0.1) is 16.6 Å². The molecular weight excluding hydrogens is 598 g/mol. The first-order valence-electron chi connectivity index (χ1n) is 15.2. The Labute approximate surface area is 273 Å². The molecule has 5 aromatic rings. The van der Waals surface area contributed by atoms with Crippen molar-refractivity contribution >= 4 is 51.4 Å². The lowest BCUT2D eigenvalue weighted by atomic mass is 9.97. The number of nitrogens with zero attached hydrogens (tertiary/aromatic N) is 4. The Morgan fingerprint density at radius 2 is 1.38 bits per heavy atom. The first-order chi connectivity index (χ1) is 22.1. The van der Waals surface area contributed by atoms with Crippen LogP contribution in [-0.2, 0) is 13.0 Å². The lowest BCUT2D eigenvalue weighted by molar-refractivity contribution is 0.0651. The van der Waals surface area contributed by atoms with E-state index in [1.807, 2.05) is 12.1 Å². The molecule has 246 valence electrons. The Hall–Kier alpha value is -5.45. The predicted molar refractivity (Wildman–Crippen MR) is 182 cm³/mol. The largest absolute Gasteiger partial charge is 0.478 e. The first-order valence-corrected chi connectivity index (χ1v) is 15.2. The molecule has 0 saturated heterocycles. The minimum Gasteiger partial charge on any atom is -0.478 e. The average Bonchev–Trinajstić information content (AvgIpc) is 3.42. The van der Waals surface area contributed by atoms with E-state index in [9.17, 15) is 19.2 Å². The number of rotatable bonds is 13. The van der Waals surface area contributed by atoms with Crippen molar-refractivity contribution in [3.8, 4) is 0 Å². The van der Waals surface area contributed by atoms with E-state index in [4.69, 9.17) is 20.9 Å². The number of fused-ring (bicyclic) bond motifs is 3. The molecule has 0 bridgehead atoms. The minimum absolute atomic E-state index is 0. The molecule has 11 heteroatoms. The number of aryl methyl sites for hydroxylation is 2. The summed E-state index contributed by atoms with van der Waals surface area (Å²) in [5.41, 5.74) is 10.2. The van der Waals surface area contributed by atoms with Gasteiger partial charge in [0.25, 0.3) is 0 Å². The summed E-state index contributed by atoms with van der Waals surface area (Å²) in [5, 5.41) is 17.1. The van der Waals surface area contributed by atoms with Gasteiger partial charge in [-0.3, -0.25) is 14.6 Å². The number of unbranched alkanes of at least 4 members (excludes halogenated alkanes) is 3. The van der Waals surface area contributed by atoms with Crippen molar-refractivity contribution in [3.05, 3.63) is 94.9 Å². The highest BCUT2D eigenvalue weighted by molar-refractivity contribution is 6.08. The lowest BCUT2D eigenvalue weighted by Gasteiger charge is -2.11. The summed E-state index contributed by atoms with van der Waals surface area (Å²) in [6, 6.07) is 16.3. The number of hydrogen-bond acceptors (Lipinski definition) is 8. The van der Waals surface area contributed by atoms with E-state index in [0.717, 1.165) is 67.4 Å². The number of imidazole rings is 1. The summed E-state index contributed by atoms with van der Waals surface area (Å²) < 4.78 is 2.24. The minimum atomic E-state index is -1.23. The van der Waals surface area contributed by atoms with Gasteiger partial charge >= 0.3 is 11.9 Å². The number of carbonyl (C=O) groups is 4. The summed E-state index contributed by atoms with van der Waals surface area (Å²) in [4.78, 5) is 59.4. The molecule has 0 aliphatic rings. The van der Waals surface area contributed by atoms with Crippen molar-refractivity contribution in [1.82, 2.24) is 19.5 Å². The Balaban J connectivity index is 0.000000391. The average molecular weight is 640 g/mol. The molecule has 0 spiro atoms. The van der Waals surface area contributed by atoms with Gasteiger partial charge in [-0.05, 0) is 50.5 Å². The Morgan fingerprint density at radius 1 is 0.766 bits per heavy atom. The van der Waals surface area contributed by atoms with Crippen LogP contribution in [0.3, 0.4) is 0 Å². The molecule has 5 rings (SSSR count). The highest BCUT2D eigenvalue weighted by atomic mass is 16.4. The second kappa shape index (κ2) is 16.7. The van der Waals surface area contributed by atoms with Gasteiger partial charge in [0, 0.05) is 36.7 Å². The van der Waals surface area contributed by atoms with E-state index < -0.39 is 11.9 Å². The number of anilines is 1. The second-order valence-electron chi connectivity index (χ2n) is 10.8. The van der Waals surface area contributed by atoms with Crippen LogP contribution < -0.4 is 5.73 Å². The number of hydrogen-bond donors (Lipinski definition) is 3. The summed E-state index contributed by atoms with van der Waals surface area (Å²) in [5.74, 6) is -1.07. The zero-order valence-electron chi connectivity index (χ0n) is 25.9. The molecule has 0 atom stereocenters. The van der Waals surface area contributed by atoms with Gasteiger partial charge in [0.15, 0.2) is 17.4 Å². The van der Waals surface area contributed by atoms with Crippen LogP contribution in [0.25, 0.3) is 22.1 Å². The van der Waals surface area contributed by atoms with Crippen molar-refractivity contribution in [2.45, 2.75) is 72.8 Å². The summed E-state index contributed by atoms with van der Waals surface area (Å²) in [6.45, 7) is 4.45. The number of aromatic carboxylic acids is 2. The molecule has 0 amide bonds. The maximum atomic E-state index is 12.7. The van der Waals surface area contributed by atoms with Gasteiger partial charge in [-0.25, -0.2) is 19.6 Å².